The Morgan fingerprint density at radius 3 is 3.07 bits per heavy atom. The van der Waals surface area contributed by atoms with Crippen molar-refractivity contribution in [1.82, 2.24) is 10.2 Å². The van der Waals surface area contributed by atoms with Crippen LogP contribution < -0.4 is 5.32 Å². The van der Waals surface area contributed by atoms with Crippen LogP contribution in [-0.2, 0) is 0 Å². The third kappa shape index (κ3) is 2.71. The number of carbonyl (C=O) groups is 1. The molecule has 0 saturated carbocycles. The summed E-state index contributed by atoms with van der Waals surface area (Å²) in [7, 11) is 0. The largest absolute Gasteiger partial charge is 0.333 e. The molecule has 84 valence electrons. The standard InChI is InChI=1S/C10H14N2OS.ClH/c1-8-6-11-3-4-12(8)10(13)9-2-5-14-7-9;/h2,5,7-8,11H,3-4,6H2,1H3;1H/t8-;/m0./s1. The van der Waals surface area contributed by atoms with Gasteiger partial charge in [0.1, 0.15) is 0 Å². The molecule has 1 aliphatic heterocycles. The molecule has 1 fully saturated rings. The number of thiophene rings is 1. The Hall–Kier alpha value is -0.580. The first-order valence-corrected chi connectivity index (χ1v) is 5.77. The van der Waals surface area contributed by atoms with Crippen LogP contribution in [0, 0.1) is 0 Å². The molecule has 2 rings (SSSR count). The Morgan fingerprint density at radius 1 is 1.67 bits per heavy atom. The minimum Gasteiger partial charge on any atom is -0.333 e. The fourth-order valence-electron chi connectivity index (χ4n) is 1.69. The van der Waals surface area contributed by atoms with Crippen molar-refractivity contribution in [2.24, 2.45) is 0 Å². The molecule has 0 spiro atoms. The molecule has 2 heterocycles. The maximum Gasteiger partial charge on any atom is 0.255 e. The molecule has 0 unspecified atom stereocenters. The van der Waals surface area contributed by atoms with Crippen LogP contribution in [0.25, 0.3) is 0 Å². The third-order valence-corrected chi connectivity index (χ3v) is 3.21. The van der Waals surface area contributed by atoms with Crippen LogP contribution >= 0.6 is 23.7 Å². The van der Waals surface area contributed by atoms with Crippen LogP contribution in [0.5, 0.6) is 0 Å². The van der Waals surface area contributed by atoms with E-state index < -0.39 is 0 Å². The number of carbonyl (C=O) groups excluding carboxylic acids is 1. The maximum atomic E-state index is 12.0. The zero-order valence-electron chi connectivity index (χ0n) is 8.60. The van der Waals surface area contributed by atoms with Gasteiger partial charge in [-0.15, -0.1) is 12.4 Å². The molecule has 1 amide bonds. The van der Waals surface area contributed by atoms with Crippen molar-refractivity contribution >= 4 is 29.7 Å². The van der Waals surface area contributed by atoms with Gasteiger partial charge in [-0.2, -0.15) is 11.3 Å². The van der Waals surface area contributed by atoms with Gasteiger partial charge in [0.05, 0.1) is 5.56 Å². The number of nitrogens with one attached hydrogen (secondary N) is 1. The molecule has 0 bridgehead atoms. The number of hydrogen-bond acceptors (Lipinski definition) is 3. The topological polar surface area (TPSA) is 32.3 Å². The summed E-state index contributed by atoms with van der Waals surface area (Å²) >= 11 is 1.57. The molecule has 0 aliphatic carbocycles. The van der Waals surface area contributed by atoms with Gasteiger partial charge in [0.2, 0.25) is 0 Å². The summed E-state index contributed by atoms with van der Waals surface area (Å²) < 4.78 is 0. The summed E-state index contributed by atoms with van der Waals surface area (Å²) in [5, 5.41) is 7.13. The predicted molar refractivity (Wildman–Crippen MR) is 64.9 cm³/mol. The molecule has 5 heteroatoms. The van der Waals surface area contributed by atoms with Crippen LogP contribution in [-0.4, -0.2) is 36.5 Å². The minimum atomic E-state index is 0. The number of rotatable bonds is 1. The zero-order chi connectivity index (χ0) is 9.97. The molecule has 1 N–H and O–H groups in total. The highest BCUT2D eigenvalue weighted by atomic mass is 35.5. The Bertz CT molecular complexity index is 315. The van der Waals surface area contributed by atoms with Crippen LogP contribution in [0.2, 0.25) is 0 Å². The van der Waals surface area contributed by atoms with Crippen molar-refractivity contribution in [2.75, 3.05) is 19.6 Å². The number of nitrogens with zero attached hydrogens (tertiary/aromatic N) is 1. The Kier molecular flexibility index (Phi) is 4.57. The molecule has 0 radical (unpaired) electrons. The predicted octanol–water partition coefficient (Wildman–Crippen LogP) is 1.60. The van der Waals surface area contributed by atoms with Crippen LogP contribution in [0.1, 0.15) is 17.3 Å². The number of piperazine rings is 1. The van der Waals surface area contributed by atoms with Gasteiger partial charge < -0.3 is 10.2 Å². The highest BCUT2D eigenvalue weighted by molar-refractivity contribution is 7.08. The number of amides is 1. The second-order valence-corrected chi connectivity index (χ2v) is 4.34. The average molecular weight is 247 g/mol. The van der Waals surface area contributed by atoms with Gasteiger partial charge in [-0.25, -0.2) is 0 Å². The zero-order valence-corrected chi connectivity index (χ0v) is 10.2. The van der Waals surface area contributed by atoms with Crippen molar-refractivity contribution < 1.29 is 4.79 Å². The quantitative estimate of drug-likeness (QED) is 0.817. The van der Waals surface area contributed by atoms with Crippen molar-refractivity contribution in [3.05, 3.63) is 22.4 Å². The second kappa shape index (κ2) is 5.49. The fraction of sp³-hybridized carbons (Fsp3) is 0.500. The summed E-state index contributed by atoms with van der Waals surface area (Å²) in [5.41, 5.74) is 0.823. The lowest BCUT2D eigenvalue weighted by Crippen LogP contribution is -2.52. The van der Waals surface area contributed by atoms with E-state index in [-0.39, 0.29) is 18.3 Å². The first-order valence-electron chi connectivity index (χ1n) is 4.83. The monoisotopic (exact) mass is 246 g/mol. The Morgan fingerprint density at radius 2 is 2.47 bits per heavy atom. The molecule has 1 saturated heterocycles. The first-order chi connectivity index (χ1) is 6.79. The summed E-state index contributed by atoms with van der Waals surface area (Å²) in [6, 6.07) is 2.19. The number of hydrogen-bond donors (Lipinski definition) is 1. The van der Waals surface area contributed by atoms with E-state index >= 15 is 0 Å². The lowest BCUT2D eigenvalue weighted by molar-refractivity contribution is 0.0656. The molecule has 15 heavy (non-hydrogen) atoms. The molecule has 1 aromatic heterocycles. The highest BCUT2D eigenvalue weighted by Crippen LogP contribution is 2.12. The van der Waals surface area contributed by atoms with E-state index in [1.54, 1.807) is 11.3 Å². The van der Waals surface area contributed by atoms with E-state index in [0.717, 1.165) is 25.2 Å². The van der Waals surface area contributed by atoms with Gasteiger partial charge >= 0.3 is 0 Å². The average Bonchev–Trinajstić information content (AvgIpc) is 2.70. The summed E-state index contributed by atoms with van der Waals surface area (Å²) in [6.07, 6.45) is 0. The minimum absolute atomic E-state index is 0. The molecular formula is C10H15ClN2OS. The van der Waals surface area contributed by atoms with E-state index in [1.807, 2.05) is 21.7 Å². The number of halogens is 1. The smallest absolute Gasteiger partial charge is 0.255 e. The van der Waals surface area contributed by atoms with E-state index in [1.165, 1.54) is 0 Å². The summed E-state index contributed by atoms with van der Waals surface area (Å²) in [5.74, 6) is 0.167. The molecule has 1 aliphatic rings. The Balaban J connectivity index is 0.00000112. The third-order valence-electron chi connectivity index (χ3n) is 2.53. The maximum absolute atomic E-state index is 12.0. The molecule has 3 nitrogen and oxygen atoms in total. The van der Waals surface area contributed by atoms with Gasteiger partial charge in [0, 0.05) is 31.1 Å². The van der Waals surface area contributed by atoms with Crippen LogP contribution in [0.15, 0.2) is 16.8 Å². The molecule has 1 aromatic rings. The normalized spacial score (nSPS) is 20.9. The highest BCUT2D eigenvalue weighted by Gasteiger charge is 2.23. The molecule has 1 atom stereocenters. The van der Waals surface area contributed by atoms with Crippen LogP contribution in [0.4, 0.5) is 0 Å². The fourth-order valence-corrected chi connectivity index (χ4v) is 2.32. The van der Waals surface area contributed by atoms with Gasteiger partial charge in [-0.05, 0) is 18.4 Å². The van der Waals surface area contributed by atoms with E-state index in [9.17, 15) is 4.79 Å². The van der Waals surface area contributed by atoms with Gasteiger partial charge in [0.25, 0.3) is 5.91 Å². The summed E-state index contributed by atoms with van der Waals surface area (Å²) in [4.78, 5) is 13.9. The van der Waals surface area contributed by atoms with Crippen molar-refractivity contribution in [3.8, 4) is 0 Å². The Labute approximate surface area is 99.9 Å². The van der Waals surface area contributed by atoms with E-state index in [0.29, 0.717) is 6.04 Å². The second-order valence-electron chi connectivity index (χ2n) is 3.56. The lowest BCUT2D eigenvalue weighted by atomic mass is 10.2. The van der Waals surface area contributed by atoms with E-state index in [2.05, 4.69) is 12.2 Å². The molecule has 0 aromatic carbocycles. The van der Waals surface area contributed by atoms with Crippen LogP contribution in [0.3, 0.4) is 0 Å². The van der Waals surface area contributed by atoms with Crippen molar-refractivity contribution in [1.29, 1.82) is 0 Å². The first kappa shape index (κ1) is 12.5. The van der Waals surface area contributed by atoms with E-state index in [4.69, 9.17) is 0 Å². The van der Waals surface area contributed by atoms with Gasteiger partial charge in [-0.1, -0.05) is 0 Å². The van der Waals surface area contributed by atoms with Gasteiger partial charge in [0.15, 0.2) is 0 Å². The molecular weight excluding hydrogens is 232 g/mol. The van der Waals surface area contributed by atoms with Crippen molar-refractivity contribution in [3.63, 3.8) is 0 Å². The van der Waals surface area contributed by atoms with Gasteiger partial charge in [-0.3, -0.25) is 4.79 Å². The lowest BCUT2D eigenvalue weighted by Gasteiger charge is -2.33. The summed E-state index contributed by atoms with van der Waals surface area (Å²) in [6.45, 7) is 4.70. The van der Waals surface area contributed by atoms with Crippen molar-refractivity contribution in [2.45, 2.75) is 13.0 Å². The SMILES string of the molecule is C[C@H]1CNCCN1C(=O)c1ccsc1.Cl.